The van der Waals surface area contributed by atoms with Crippen molar-refractivity contribution in [2.75, 3.05) is 13.2 Å². The lowest BCUT2D eigenvalue weighted by Crippen LogP contribution is -2.21. The standard InChI is InChI=1S/C14H24N2O3/c1-14(2,3)18-7-6-17-10-13-8-12(16-19-13)9-15-11-4-5-11/h8,11,15H,4-7,9-10H2,1-3H3. The molecular formula is C14H24N2O3. The van der Waals surface area contributed by atoms with E-state index >= 15 is 0 Å². The van der Waals surface area contributed by atoms with Gasteiger partial charge in [-0.05, 0) is 33.6 Å². The average molecular weight is 268 g/mol. The van der Waals surface area contributed by atoms with Gasteiger partial charge in [-0.1, -0.05) is 5.16 Å². The lowest BCUT2D eigenvalue weighted by Gasteiger charge is -2.19. The van der Waals surface area contributed by atoms with E-state index in [2.05, 4.69) is 10.5 Å². The summed E-state index contributed by atoms with van der Waals surface area (Å²) < 4.78 is 16.3. The van der Waals surface area contributed by atoms with Crippen molar-refractivity contribution in [1.29, 1.82) is 0 Å². The smallest absolute Gasteiger partial charge is 0.162 e. The van der Waals surface area contributed by atoms with Gasteiger partial charge in [-0.15, -0.1) is 0 Å². The Morgan fingerprint density at radius 2 is 2.16 bits per heavy atom. The van der Waals surface area contributed by atoms with Gasteiger partial charge in [-0.2, -0.15) is 0 Å². The fourth-order valence-corrected chi connectivity index (χ4v) is 1.62. The molecule has 0 unspecified atom stereocenters. The van der Waals surface area contributed by atoms with E-state index in [9.17, 15) is 0 Å². The van der Waals surface area contributed by atoms with Crippen LogP contribution < -0.4 is 5.32 Å². The van der Waals surface area contributed by atoms with Gasteiger partial charge >= 0.3 is 0 Å². The number of ether oxygens (including phenoxy) is 2. The van der Waals surface area contributed by atoms with Crippen LogP contribution in [0.4, 0.5) is 0 Å². The van der Waals surface area contributed by atoms with Crippen molar-refractivity contribution >= 4 is 0 Å². The molecule has 108 valence electrons. The molecule has 1 saturated carbocycles. The third-order valence-corrected chi connectivity index (χ3v) is 2.76. The summed E-state index contributed by atoms with van der Waals surface area (Å²) in [5.74, 6) is 0.767. The van der Waals surface area contributed by atoms with Crippen LogP contribution in [-0.4, -0.2) is 30.0 Å². The van der Waals surface area contributed by atoms with Crippen molar-refractivity contribution < 1.29 is 14.0 Å². The maximum Gasteiger partial charge on any atom is 0.162 e. The van der Waals surface area contributed by atoms with E-state index in [1.807, 2.05) is 26.8 Å². The maximum absolute atomic E-state index is 5.56. The highest BCUT2D eigenvalue weighted by Crippen LogP contribution is 2.19. The summed E-state index contributed by atoms with van der Waals surface area (Å²) in [5.41, 5.74) is 0.827. The van der Waals surface area contributed by atoms with Crippen LogP contribution in [0, 0.1) is 0 Å². The molecule has 0 aromatic carbocycles. The first-order valence-corrected chi connectivity index (χ1v) is 6.92. The largest absolute Gasteiger partial charge is 0.373 e. The Morgan fingerprint density at radius 1 is 1.37 bits per heavy atom. The van der Waals surface area contributed by atoms with Gasteiger partial charge in [0.15, 0.2) is 5.76 Å². The number of hydrogen-bond acceptors (Lipinski definition) is 5. The van der Waals surface area contributed by atoms with Gasteiger partial charge in [0.05, 0.1) is 24.5 Å². The van der Waals surface area contributed by atoms with Crippen LogP contribution in [0.15, 0.2) is 10.6 Å². The van der Waals surface area contributed by atoms with Crippen LogP contribution in [-0.2, 0) is 22.6 Å². The molecule has 0 radical (unpaired) electrons. The molecule has 0 amide bonds. The number of nitrogens with one attached hydrogen (secondary N) is 1. The van der Waals surface area contributed by atoms with Gasteiger partial charge in [-0.3, -0.25) is 0 Å². The van der Waals surface area contributed by atoms with Crippen LogP contribution >= 0.6 is 0 Å². The summed E-state index contributed by atoms with van der Waals surface area (Å²) in [5, 5.41) is 7.40. The molecule has 1 aromatic rings. The molecule has 1 N–H and O–H groups in total. The second-order valence-corrected chi connectivity index (χ2v) is 5.95. The van der Waals surface area contributed by atoms with E-state index in [-0.39, 0.29) is 5.60 Å². The minimum Gasteiger partial charge on any atom is -0.373 e. The van der Waals surface area contributed by atoms with E-state index in [4.69, 9.17) is 14.0 Å². The number of hydrogen-bond donors (Lipinski definition) is 1. The van der Waals surface area contributed by atoms with Crippen LogP contribution in [0.2, 0.25) is 0 Å². The van der Waals surface area contributed by atoms with Gasteiger partial charge in [0.25, 0.3) is 0 Å². The zero-order chi connectivity index (χ0) is 13.7. The predicted molar refractivity (Wildman–Crippen MR) is 71.7 cm³/mol. The van der Waals surface area contributed by atoms with Crippen molar-refractivity contribution in [2.24, 2.45) is 0 Å². The Morgan fingerprint density at radius 3 is 2.84 bits per heavy atom. The maximum atomic E-state index is 5.56. The molecule has 5 nitrogen and oxygen atoms in total. The Balaban J connectivity index is 1.57. The second-order valence-electron chi connectivity index (χ2n) is 5.95. The Labute approximate surface area is 114 Å². The van der Waals surface area contributed by atoms with Gasteiger partial charge in [0.1, 0.15) is 6.61 Å². The molecule has 0 bridgehead atoms. The molecule has 1 aliphatic rings. The minimum atomic E-state index is -0.114. The number of nitrogens with zero attached hydrogens (tertiary/aromatic N) is 1. The molecular weight excluding hydrogens is 244 g/mol. The fourth-order valence-electron chi connectivity index (χ4n) is 1.62. The molecule has 0 saturated heterocycles. The molecule has 0 spiro atoms. The monoisotopic (exact) mass is 268 g/mol. The van der Waals surface area contributed by atoms with E-state index in [1.165, 1.54) is 12.8 Å². The Hall–Kier alpha value is -0.910. The zero-order valence-electron chi connectivity index (χ0n) is 12.1. The Bertz CT molecular complexity index is 380. The summed E-state index contributed by atoms with van der Waals surface area (Å²) in [7, 11) is 0. The van der Waals surface area contributed by atoms with Crippen molar-refractivity contribution in [1.82, 2.24) is 10.5 Å². The first-order valence-electron chi connectivity index (χ1n) is 6.92. The highest BCUT2D eigenvalue weighted by atomic mass is 16.5. The fraction of sp³-hybridized carbons (Fsp3) is 0.786. The normalized spacial score (nSPS) is 15.9. The molecule has 2 rings (SSSR count). The molecule has 19 heavy (non-hydrogen) atoms. The van der Waals surface area contributed by atoms with Gasteiger partial charge in [0, 0.05) is 18.7 Å². The Kier molecular flexibility index (Phi) is 4.96. The van der Waals surface area contributed by atoms with E-state index < -0.39 is 0 Å². The number of rotatable bonds is 8. The van der Waals surface area contributed by atoms with Crippen LogP contribution in [0.1, 0.15) is 45.1 Å². The zero-order valence-corrected chi connectivity index (χ0v) is 12.1. The number of aromatic nitrogens is 1. The molecule has 0 aliphatic heterocycles. The van der Waals surface area contributed by atoms with Crippen molar-refractivity contribution in [2.45, 2.75) is 58.4 Å². The lowest BCUT2D eigenvalue weighted by molar-refractivity contribution is -0.0398. The van der Waals surface area contributed by atoms with E-state index in [0.29, 0.717) is 25.9 Å². The van der Waals surface area contributed by atoms with Crippen LogP contribution in [0.3, 0.4) is 0 Å². The van der Waals surface area contributed by atoms with Crippen LogP contribution in [0.5, 0.6) is 0 Å². The van der Waals surface area contributed by atoms with Gasteiger partial charge in [-0.25, -0.2) is 0 Å². The molecule has 5 heteroatoms. The summed E-state index contributed by atoms with van der Waals surface area (Å²) >= 11 is 0. The van der Waals surface area contributed by atoms with Crippen molar-refractivity contribution in [3.8, 4) is 0 Å². The topological polar surface area (TPSA) is 56.5 Å². The molecule has 1 fully saturated rings. The first-order chi connectivity index (χ1) is 9.03. The quantitative estimate of drug-likeness (QED) is 0.733. The van der Waals surface area contributed by atoms with Crippen molar-refractivity contribution in [3.05, 3.63) is 17.5 Å². The molecule has 0 atom stereocenters. The SMILES string of the molecule is CC(C)(C)OCCOCc1cc(CNC2CC2)no1. The van der Waals surface area contributed by atoms with Crippen LogP contribution in [0.25, 0.3) is 0 Å². The van der Waals surface area contributed by atoms with Crippen molar-refractivity contribution in [3.63, 3.8) is 0 Å². The third kappa shape index (κ3) is 6.18. The predicted octanol–water partition coefficient (Wildman–Crippen LogP) is 2.26. The summed E-state index contributed by atoms with van der Waals surface area (Å²) in [4.78, 5) is 0. The van der Waals surface area contributed by atoms with Gasteiger partial charge < -0.3 is 19.3 Å². The highest BCUT2D eigenvalue weighted by molar-refractivity contribution is 5.04. The minimum absolute atomic E-state index is 0.114. The summed E-state index contributed by atoms with van der Waals surface area (Å²) in [6.45, 7) is 8.47. The molecule has 1 aliphatic carbocycles. The van der Waals surface area contributed by atoms with E-state index in [1.54, 1.807) is 0 Å². The lowest BCUT2D eigenvalue weighted by atomic mass is 10.2. The summed E-state index contributed by atoms with van der Waals surface area (Å²) in [6.07, 6.45) is 2.56. The third-order valence-electron chi connectivity index (χ3n) is 2.76. The van der Waals surface area contributed by atoms with E-state index in [0.717, 1.165) is 18.0 Å². The average Bonchev–Trinajstić information content (AvgIpc) is 3.05. The summed E-state index contributed by atoms with van der Waals surface area (Å²) in [6, 6.07) is 2.63. The first kappa shape index (κ1) is 14.5. The van der Waals surface area contributed by atoms with Gasteiger partial charge in [0.2, 0.25) is 0 Å². The highest BCUT2D eigenvalue weighted by Gasteiger charge is 2.20. The molecule has 1 heterocycles. The molecule has 1 aromatic heterocycles. The second kappa shape index (κ2) is 6.50.